The fourth-order valence-corrected chi connectivity index (χ4v) is 3.16. The van der Waals surface area contributed by atoms with E-state index in [2.05, 4.69) is 22.1 Å². The standard InChI is InChI=1S/C23H17FN2O2/c24-20-11-5-10-18(13-20)22-21(26-23(27)28-22)19-12-17(14-25-15-19)9-4-8-16-6-2-1-3-7-16/h1-3,5-7,10-15,21-22H,8H2,(H,26,27)/t21-,22-/m1/s1. The van der Waals surface area contributed by atoms with E-state index in [0.717, 1.165) is 16.7 Å². The van der Waals surface area contributed by atoms with E-state index >= 15 is 0 Å². The van der Waals surface area contributed by atoms with Crippen LogP contribution in [0.5, 0.6) is 0 Å². The predicted octanol–water partition coefficient (Wildman–Crippen LogP) is 4.34. The average molecular weight is 372 g/mol. The summed E-state index contributed by atoms with van der Waals surface area (Å²) in [6, 6.07) is 17.4. The molecule has 0 aliphatic carbocycles. The van der Waals surface area contributed by atoms with Crippen LogP contribution in [0.4, 0.5) is 9.18 Å². The van der Waals surface area contributed by atoms with Crippen LogP contribution in [0.3, 0.4) is 0 Å². The number of nitrogens with zero attached hydrogens (tertiary/aromatic N) is 1. The number of hydrogen-bond donors (Lipinski definition) is 1. The van der Waals surface area contributed by atoms with Gasteiger partial charge in [0.25, 0.3) is 0 Å². The molecule has 4 rings (SSSR count). The SMILES string of the molecule is O=C1N[C@H](c2cncc(C#CCc3ccccc3)c2)[C@@H](c2cccc(F)c2)O1. The van der Waals surface area contributed by atoms with Gasteiger partial charge in [0.05, 0.1) is 0 Å². The minimum Gasteiger partial charge on any atom is -0.439 e. The van der Waals surface area contributed by atoms with Crippen molar-refractivity contribution in [3.63, 3.8) is 0 Å². The molecule has 1 saturated heterocycles. The summed E-state index contributed by atoms with van der Waals surface area (Å²) in [5.41, 5.74) is 3.23. The van der Waals surface area contributed by atoms with Gasteiger partial charge in [-0.25, -0.2) is 9.18 Å². The van der Waals surface area contributed by atoms with Gasteiger partial charge in [-0.3, -0.25) is 4.98 Å². The first-order chi connectivity index (χ1) is 13.7. The summed E-state index contributed by atoms with van der Waals surface area (Å²) in [7, 11) is 0. The summed E-state index contributed by atoms with van der Waals surface area (Å²) in [4.78, 5) is 16.1. The molecule has 4 nitrogen and oxygen atoms in total. The number of aromatic nitrogens is 1. The maximum atomic E-state index is 13.6. The summed E-state index contributed by atoms with van der Waals surface area (Å²) in [5.74, 6) is 5.87. The summed E-state index contributed by atoms with van der Waals surface area (Å²) in [5, 5.41) is 2.78. The molecule has 2 aromatic carbocycles. The number of nitrogens with one attached hydrogen (secondary N) is 1. The third-order valence-corrected chi connectivity index (χ3v) is 4.47. The second-order valence-corrected chi connectivity index (χ2v) is 6.47. The van der Waals surface area contributed by atoms with E-state index in [9.17, 15) is 9.18 Å². The highest BCUT2D eigenvalue weighted by atomic mass is 19.1. The first-order valence-corrected chi connectivity index (χ1v) is 8.89. The number of carbonyl (C=O) groups excluding carboxylic acids is 1. The molecule has 5 heteroatoms. The molecule has 0 unspecified atom stereocenters. The molecule has 0 spiro atoms. The largest absolute Gasteiger partial charge is 0.439 e. The van der Waals surface area contributed by atoms with E-state index in [4.69, 9.17) is 4.74 Å². The molecule has 0 saturated carbocycles. The van der Waals surface area contributed by atoms with Crippen molar-refractivity contribution in [3.8, 4) is 11.8 Å². The maximum Gasteiger partial charge on any atom is 0.408 e. The molecule has 1 N–H and O–H groups in total. The lowest BCUT2D eigenvalue weighted by atomic mass is 9.97. The molecule has 2 atom stereocenters. The van der Waals surface area contributed by atoms with Crippen molar-refractivity contribution in [3.05, 3.63) is 101 Å². The van der Waals surface area contributed by atoms with E-state index in [0.29, 0.717) is 12.0 Å². The number of cyclic esters (lactones) is 1. The lowest BCUT2D eigenvalue weighted by molar-refractivity contribution is 0.132. The molecule has 1 aromatic heterocycles. The van der Waals surface area contributed by atoms with E-state index in [1.165, 1.54) is 12.1 Å². The van der Waals surface area contributed by atoms with Gasteiger partial charge in [0.1, 0.15) is 11.9 Å². The summed E-state index contributed by atoms with van der Waals surface area (Å²) >= 11 is 0. The number of halogens is 1. The Kier molecular flexibility index (Phi) is 5.03. The predicted molar refractivity (Wildman–Crippen MR) is 103 cm³/mol. The van der Waals surface area contributed by atoms with Crippen LogP contribution in [0.25, 0.3) is 0 Å². The fraction of sp³-hybridized carbons (Fsp3) is 0.130. The van der Waals surface area contributed by atoms with E-state index < -0.39 is 18.2 Å². The van der Waals surface area contributed by atoms with Crippen molar-refractivity contribution < 1.29 is 13.9 Å². The Morgan fingerprint density at radius 1 is 1.04 bits per heavy atom. The Bertz CT molecular complexity index is 1060. The van der Waals surface area contributed by atoms with Gasteiger partial charge in [0.15, 0.2) is 6.10 Å². The molecule has 0 radical (unpaired) electrons. The third-order valence-electron chi connectivity index (χ3n) is 4.47. The van der Waals surface area contributed by atoms with Crippen LogP contribution in [0.15, 0.2) is 73.1 Å². The van der Waals surface area contributed by atoms with Crippen LogP contribution >= 0.6 is 0 Å². The normalized spacial score (nSPS) is 18.0. The second kappa shape index (κ2) is 7.93. The molecule has 138 valence electrons. The van der Waals surface area contributed by atoms with Gasteiger partial charge in [0.2, 0.25) is 0 Å². The Balaban J connectivity index is 1.57. The molecule has 1 aliphatic heterocycles. The van der Waals surface area contributed by atoms with Gasteiger partial charge in [-0.2, -0.15) is 0 Å². The average Bonchev–Trinajstić information content (AvgIpc) is 3.11. The molecule has 0 bridgehead atoms. The maximum absolute atomic E-state index is 13.6. The topological polar surface area (TPSA) is 51.2 Å². The lowest BCUT2D eigenvalue weighted by Gasteiger charge is -2.17. The van der Waals surface area contributed by atoms with Crippen molar-refractivity contribution in [2.45, 2.75) is 18.6 Å². The van der Waals surface area contributed by atoms with Crippen molar-refractivity contribution in [1.29, 1.82) is 0 Å². The number of benzene rings is 2. The number of rotatable bonds is 3. The zero-order valence-electron chi connectivity index (χ0n) is 14.9. The zero-order chi connectivity index (χ0) is 19.3. The molecule has 28 heavy (non-hydrogen) atoms. The number of hydrogen-bond acceptors (Lipinski definition) is 3. The molecule has 3 aromatic rings. The molecule has 1 fully saturated rings. The first-order valence-electron chi connectivity index (χ1n) is 8.89. The van der Waals surface area contributed by atoms with E-state index in [1.54, 1.807) is 24.5 Å². The molecule has 2 heterocycles. The number of carbonyl (C=O) groups is 1. The number of amides is 1. The number of ether oxygens (including phenoxy) is 1. The smallest absolute Gasteiger partial charge is 0.408 e. The van der Waals surface area contributed by atoms with Crippen LogP contribution in [-0.4, -0.2) is 11.1 Å². The quantitative estimate of drug-likeness (QED) is 0.696. The number of alkyl carbamates (subject to hydrolysis) is 1. The van der Waals surface area contributed by atoms with Gasteiger partial charge >= 0.3 is 6.09 Å². The summed E-state index contributed by atoms with van der Waals surface area (Å²) in [6.07, 6.45) is 2.81. The van der Waals surface area contributed by atoms with Gasteiger partial charge in [-0.15, -0.1) is 0 Å². The van der Waals surface area contributed by atoms with E-state index in [1.807, 2.05) is 36.4 Å². The van der Waals surface area contributed by atoms with Crippen molar-refractivity contribution in [2.24, 2.45) is 0 Å². The van der Waals surface area contributed by atoms with Crippen molar-refractivity contribution >= 4 is 6.09 Å². The monoisotopic (exact) mass is 372 g/mol. The first kappa shape index (κ1) is 17.7. The van der Waals surface area contributed by atoms with Crippen LogP contribution < -0.4 is 5.32 Å². The Morgan fingerprint density at radius 2 is 1.89 bits per heavy atom. The molecule has 1 amide bonds. The zero-order valence-corrected chi connectivity index (χ0v) is 14.9. The van der Waals surface area contributed by atoms with Crippen LogP contribution in [-0.2, 0) is 11.2 Å². The molecular weight excluding hydrogens is 355 g/mol. The highest BCUT2D eigenvalue weighted by Gasteiger charge is 2.36. The third kappa shape index (κ3) is 4.02. The van der Waals surface area contributed by atoms with Crippen molar-refractivity contribution in [2.75, 3.05) is 0 Å². The summed E-state index contributed by atoms with van der Waals surface area (Å²) < 4.78 is 19.0. The Hall–Kier alpha value is -3.65. The molecular formula is C23H17FN2O2. The Labute approximate surface area is 162 Å². The summed E-state index contributed by atoms with van der Waals surface area (Å²) in [6.45, 7) is 0. The minimum absolute atomic E-state index is 0.377. The molecule has 1 aliphatic rings. The van der Waals surface area contributed by atoms with Gasteiger partial charge in [0, 0.05) is 24.4 Å². The lowest BCUT2D eigenvalue weighted by Crippen LogP contribution is -2.19. The van der Waals surface area contributed by atoms with Crippen LogP contribution in [0.1, 0.15) is 34.4 Å². The number of pyridine rings is 1. The highest BCUT2D eigenvalue weighted by Crippen LogP contribution is 2.36. The van der Waals surface area contributed by atoms with Crippen LogP contribution in [0, 0.1) is 17.7 Å². The van der Waals surface area contributed by atoms with Gasteiger partial charge < -0.3 is 10.1 Å². The van der Waals surface area contributed by atoms with Crippen molar-refractivity contribution in [1.82, 2.24) is 10.3 Å². The minimum atomic E-state index is -0.627. The van der Waals surface area contributed by atoms with Gasteiger partial charge in [-0.05, 0) is 34.9 Å². The highest BCUT2D eigenvalue weighted by molar-refractivity contribution is 5.71. The van der Waals surface area contributed by atoms with Crippen LogP contribution in [0.2, 0.25) is 0 Å². The fourth-order valence-electron chi connectivity index (χ4n) is 3.16. The second-order valence-electron chi connectivity index (χ2n) is 6.47. The van der Waals surface area contributed by atoms with Gasteiger partial charge in [-0.1, -0.05) is 54.3 Å². The Morgan fingerprint density at radius 3 is 2.71 bits per heavy atom. The van der Waals surface area contributed by atoms with E-state index in [-0.39, 0.29) is 5.82 Å².